The topological polar surface area (TPSA) is 80.9 Å². The lowest BCUT2D eigenvalue weighted by Crippen LogP contribution is -2.37. The third kappa shape index (κ3) is 2.60. The maximum Gasteiger partial charge on any atom is 0.138 e. The minimum Gasteiger partial charge on any atom is -0.739 e. The SMILES string of the molecule is CN(C)C1=CN([O-])N(C2=CC(C)(C)Oc3cc4nonc4cc32)C=C1. The zero-order valence-electron chi connectivity index (χ0n) is 14.4. The van der Waals surface area contributed by atoms with Gasteiger partial charge in [0.1, 0.15) is 22.4 Å². The van der Waals surface area contributed by atoms with Gasteiger partial charge in [0, 0.05) is 38.1 Å². The highest BCUT2D eigenvalue weighted by atomic mass is 16.6. The quantitative estimate of drug-likeness (QED) is 0.825. The lowest BCUT2D eigenvalue weighted by Gasteiger charge is -2.45. The summed E-state index contributed by atoms with van der Waals surface area (Å²) in [5.74, 6) is 0.634. The molecule has 2 aromatic rings. The maximum atomic E-state index is 12.6. The van der Waals surface area contributed by atoms with Crippen molar-refractivity contribution >= 4 is 16.7 Å². The predicted molar refractivity (Wildman–Crippen MR) is 92.4 cm³/mol. The van der Waals surface area contributed by atoms with Gasteiger partial charge in [0.2, 0.25) is 0 Å². The zero-order valence-corrected chi connectivity index (χ0v) is 14.4. The molecule has 3 heterocycles. The molecule has 1 aromatic heterocycles. The van der Waals surface area contributed by atoms with Gasteiger partial charge < -0.3 is 20.0 Å². The van der Waals surface area contributed by atoms with E-state index in [0.29, 0.717) is 16.8 Å². The Labute approximate surface area is 144 Å². The van der Waals surface area contributed by atoms with Crippen LogP contribution < -0.4 is 4.74 Å². The summed E-state index contributed by atoms with van der Waals surface area (Å²) in [5, 5.41) is 22.7. The van der Waals surface area contributed by atoms with E-state index in [-0.39, 0.29) is 0 Å². The molecule has 8 heteroatoms. The Kier molecular flexibility index (Phi) is 3.26. The largest absolute Gasteiger partial charge is 0.739 e. The third-order valence-electron chi connectivity index (χ3n) is 4.09. The number of ether oxygens (including phenoxy) is 1. The molecule has 8 nitrogen and oxygen atoms in total. The fraction of sp³-hybridized carbons (Fsp3) is 0.294. The van der Waals surface area contributed by atoms with Crippen LogP contribution in [0.25, 0.3) is 16.7 Å². The van der Waals surface area contributed by atoms with Gasteiger partial charge in [-0.25, -0.2) is 4.63 Å². The van der Waals surface area contributed by atoms with E-state index < -0.39 is 5.60 Å². The molecule has 2 aliphatic heterocycles. The first kappa shape index (κ1) is 15.5. The molecule has 0 bridgehead atoms. The summed E-state index contributed by atoms with van der Waals surface area (Å²) in [6.45, 7) is 3.87. The molecule has 2 aliphatic rings. The molecule has 0 amide bonds. The van der Waals surface area contributed by atoms with Gasteiger partial charge in [0.25, 0.3) is 0 Å². The van der Waals surface area contributed by atoms with Gasteiger partial charge in [0.15, 0.2) is 0 Å². The second-order valence-electron chi connectivity index (χ2n) is 6.75. The van der Waals surface area contributed by atoms with Crippen LogP contribution in [0.15, 0.2) is 47.0 Å². The summed E-state index contributed by atoms with van der Waals surface area (Å²) in [4.78, 5) is 1.87. The minimum absolute atomic E-state index is 0.576. The van der Waals surface area contributed by atoms with Crippen LogP contribution in [0.5, 0.6) is 5.75 Å². The van der Waals surface area contributed by atoms with Gasteiger partial charge >= 0.3 is 0 Å². The van der Waals surface area contributed by atoms with Crippen molar-refractivity contribution < 1.29 is 9.37 Å². The number of fused-ring (bicyclic) bond motifs is 2. The normalized spacial score (nSPS) is 18.6. The highest BCUT2D eigenvalue weighted by molar-refractivity contribution is 5.84. The number of aromatic nitrogens is 2. The second-order valence-corrected chi connectivity index (χ2v) is 6.75. The van der Waals surface area contributed by atoms with E-state index in [1.807, 2.05) is 51.1 Å². The second kappa shape index (κ2) is 5.25. The molecule has 0 saturated heterocycles. The molecule has 0 aliphatic carbocycles. The lowest BCUT2D eigenvalue weighted by atomic mass is 9.98. The summed E-state index contributed by atoms with van der Waals surface area (Å²) in [6.07, 6.45) is 7.07. The fourth-order valence-electron chi connectivity index (χ4n) is 2.89. The van der Waals surface area contributed by atoms with Crippen molar-refractivity contribution in [1.29, 1.82) is 0 Å². The summed E-state index contributed by atoms with van der Waals surface area (Å²) in [5.41, 5.74) is 2.93. The van der Waals surface area contributed by atoms with Crippen molar-refractivity contribution in [2.24, 2.45) is 0 Å². The van der Waals surface area contributed by atoms with Gasteiger partial charge in [0.05, 0.1) is 11.4 Å². The van der Waals surface area contributed by atoms with Crippen LogP contribution in [-0.4, -0.2) is 45.1 Å². The number of likely N-dealkylation sites (N-methyl/N-ethyl adjacent to an activating group) is 1. The number of rotatable bonds is 2. The Hall–Kier alpha value is -3.00. The summed E-state index contributed by atoms with van der Waals surface area (Å²) < 4.78 is 10.8. The number of hydrazine groups is 1. The molecule has 0 atom stereocenters. The van der Waals surface area contributed by atoms with Crippen molar-refractivity contribution in [3.63, 3.8) is 0 Å². The Balaban J connectivity index is 1.81. The fourth-order valence-corrected chi connectivity index (χ4v) is 2.89. The Morgan fingerprint density at radius 2 is 1.88 bits per heavy atom. The summed E-state index contributed by atoms with van der Waals surface area (Å²) in [7, 11) is 3.78. The van der Waals surface area contributed by atoms with E-state index in [9.17, 15) is 5.21 Å². The molecular weight excluding hydrogens is 322 g/mol. The molecule has 0 saturated carbocycles. The number of hydrogen-bond acceptors (Lipinski definition) is 8. The van der Waals surface area contributed by atoms with Gasteiger partial charge in [-0.3, -0.25) is 5.01 Å². The Morgan fingerprint density at radius 3 is 2.56 bits per heavy atom. The number of hydroxylamine groups is 1. The van der Waals surface area contributed by atoms with E-state index >= 15 is 0 Å². The van der Waals surface area contributed by atoms with E-state index in [4.69, 9.17) is 9.37 Å². The first-order valence-corrected chi connectivity index (χ1v) is 7.85. The first-order valence-electron chi connectivity index (χ1n) is 7.85. The van der Waals surface area contributed by atoms with Crippen molar-refractivity contribution in [2.45, 2.75) is 19.4 Å². The van der Waals surface area contributed by atoms with Gasteiger partial charge in [-0.15, -0.1) is 0 Å². The van der Waals surface area contributed by atoms with E-state index in [0.717, 1.165) is 22.1 Å². The monoisotopic (exact) mass is 340 g/mol. The molecule has 0 radical (unpaired) electrons. The number of benzene rings is 1. The molecule has 25 heavy (non-hydrogen) atoms. The lowest BCUT2D eigenvalue weighted by molar-refractivity contribution is 0.146. The number of nitrogens with zero attached hydrogens (tertiary/aromatic N) is 5. The van der Waals surface area contributed by atoms with Gasteiger partial charge in [-0.05, 0) is 42.4 Å². The van der Waals surface area contributed by atoms with Gasteiger partial charge in [-0.2, -0.15) is 0 Å². The third-order valence-corrected chi connectivity index (χ3v) is 4.09. The van der Waals surface area contributed by atoms with Crippen molar-refractivity contribution in [2.75, 3.05) is 14.1 Å². The van der Waals surface area contributed by atoms with Crippen LogP contribution in [0, 0.1) is 5.21 Å². The average molecular weight is 340 g/mol. The molecule has 4 rings (SSSR count). The van der Waals surface area contributed by atoms with E-state index in [1.165, 1.54) is 11.2 Å². The van der Waals surface area contributed by atoms with Crippen LogP contribution in [0.2, 0.25) is 0 Å². The van der Waals surface area contributed by atoms with Crippen molar-refractivity contribution in [3.05, 3.63) is 53.2 Å². The Bertz CT molecular complexity index is 926. The zero-order chi connectivity index (χ0) is 17.8. The summed E-state index contributed by atoms with van der Waals surface area (Å²) >= 11 is 0. The molecule has 130 valence electrons. The minimum atomic E-state index is -0.576. The number of hydrogen-bond donors (Lipinski definition) is 0. The molecule has 1 aromatic carbocycles. The van der Waals surface area contributed by atoms with E-state index in [1.54, 1.807) is 12.3 Å². The van der Waals surface area contributed by atoms with Crippen LogP contribution in [0.3, 0.4) is 0 Å². The van der Waals surface area contributed by atoms with Crippen LogP contribution in [-0.2, 0) is 0 Å². The molecular formula is C17H18N5O3-. The van der Waals surface area contributed by atoms with Crippen molar-refractivity contribution in [1.82, 2.24) is 25.4 Å². The van der Waals surface area contributed by atoms with Gasteiger partial charge in [-0.1, -0.05) is 0 Å². The molecule has 0 N–H and O–H groups in total. The maximum absolute atomic E-state index is 12.6. The van der Waals surface area contributed by atoms with Crippen LogP contribution in [0.1, 0.15) is 19.4 Å². The number of allylic oxidation sites excluding steroid dienone is 1. The summed E-state index contributed by atoms with van der Waals surface area (Å²) in [6, 6.07) is 3.59. The van der Waals surface area contributed by atoms with E-state index in [2.05, 4.69) is 10.3 Å². The van der Waals surface area contributed by atoms with Crippen LogP contribution >= 0.6 is 0 Å². The van der Waals surface area contributed by atoms with Crippen molar-refractivity contribution in [3.8, 4) is 5.75 Å². The van der Waals surface area contributed by atoms with Crippen LogP contribution in [0.4, 0.5) is 0 Å². The highest BCUT2D eigenvalue weighted by Crippen LogP contribution is 2.40. The standard InChI is InChI=1S/C17H18N5O3/c1-17(2)9-15(21-6-5-11(20(3)4)10-22(21)23)12-7-13-14(19-25-18-13)8-16(12)24-17/h5-10H,1-4H3/q-1. The Morgan fingerprint density at radius 1 is 1.16 bits per heavy atom. The molecule has 0 spiro atoms. The average Bonchev–Trinajstić information content (AvgIpc) is 2.98. The molecule has 0 unspecified atom stereocenters. The smallest absolute Gasteiger partial charge is 0.138 e. The molecule has 0 fully saturated rings. The first-order chi connectivity index (χ1) is 11.8. The predicted octanol–water partition coefficient (Wildman–Crippen LogP) is 2.68. The highest BCUT2D eigenvalue weighted by Gasteiger charge is 2.31.